The number of rotatable bonds is 7. The minimum absolute atomic E-state index is 0.442. The van der Waals surface area contributed by atoms with Crippen molar-refractivity contribution in [2.45, 2.75) is 6.54 Å². The van der Waals surface area contributed by atoms with Gasteiger partial charge in [-0.2, -0.15) is 0 Å². The van der Waals surface area contributed by atoms with Crippen molar-refractivity contribution in [1.29, 1.82) is 0 Å². The summed E-state index contributed by atoms with van der Waals surface area (Å²) in [6, 6.07) is 13.5. The van der Waals surface area contributed by atoms with Crippen LogP contribution in [0.3, 0.4) is 0 Å². The van der Waals surface area contributed by atoms with Gasteiger partial charge in [0.15, 0.2) is 0 Å². The summed E-state index contributed by atoms with van der Waals surface area (Å²) in [5.41, 5.74) is 1.19. The molecule has 3 nitrogen and oxygen atoms in total. The van der Waals surface area contributed by atoms with Gasteiger partial charge >= 0.3 is 0 Å². The zero-order valence-electron chi connectivity index (χ0n) is 11.7. The molecule has 0 spiro atoms. The second-order valence-corrected chi connectivity index (χ2v) is 5.77. The van der Waals surface area contributed by atoms with E-state index in [0.717, 1.165) is 16.8 Å². The highest BCUT2D eigenvalue weighted by Gasteiger charge is 2.02. The third-order valence-electron chi connectivity index (χ3n) is 2.78. The van der Waals surface area contributed by atoms with E-state index < -0.39 is 0 Å². The lowest BCUT2D eigenvalue weighted by Gasteiger charge is -2.10. The summed E-state index contributed by atoms with van der Waals surface area (Å²) in [6.07, 6.45) is 0. The quantitative estimate of drug-likeness (QED) is 0.738. The van der Waals surface area contributed by atoms with Gasteiger partial charge in [-0.25, -0.2) is 0 Å². The van der Waals surface area contributed by atoms with E-state index in [1.54, 1.807) is 6.07 Å². The van der Waals surface area contributed by atoms with E-state index in [4.69, 9.17) is 21.1 Å². The molecule has 2 aromatic rings. The minimum Gasteiger partial charge on any atom is -0.490 e. The average molecular weight is 371 g/mol. The lowest BCUT2D eigenvalue weighted by Crippen LogP contribution is -2.10. The molecule has 0 aliphatic rings. The van der Waals surface area contributed by atoms with Crippen molar-refractivity contribution in [2.24, 2.45) is 0 Å². The first-order valence-corrected chi connectivity index (χ1v) is 7.80. The molecule has 0 aromatic heterocycles. The molecule has 0 unspecified atom stereocenters. The molecule has 21 heavy (non-hydrogen) atoms. The van der Waals surface area contributed by atoms with Crippen molar-refractivity contribution >= 4 is 27.5 Å². The van der Waals surface area contributed by atoms with Gasteiger partial charge in [0.1, 0.15) is 24.7 Å². The van der Waals surface area contributed by atoms with Gasteiger partial charge in [0.2, 0.25) is 0 Å². The fraction of sp³-hybridized carbons (Fsp3) is 0.250. The van der Waals surface area contributed by atoms with Crippen LogP contribution in [-0.4, -0.2) is 20.3 Å². The van der Waals surface area contributed by atoms with E-state index in [9.17, 15) is 0 Å². The molecule has 5 heteroatoms. The zero-order valence-corrected chi connectivity index (χ0v) is 14.1. The minimum atomic E-state index is 0.442. The molecule has 0 bridgehead atoms. The topological polar surface area (TPSA) is 30.5 Å². The molecule has 2 rings (SSSR count). The van der Waals surface area contributed by atoms with Crippen molar-refractivity contribution in [3.63, 3.8) is 0 Å². The van der Waals surface area contributed by atoms with Gasteiger partial charge in [0.25, 0.3) is 0 Å². The molecule has 112 valence electrons. The van der Waals surface area contributed by atoms with E-state index in [-0.39, 0.29) is 0 Å². The molecule has 0 aliphatic carbocycles. The van der Waals surface area contributed by atoms with Crippen LogP contribution < -0.4 is 14.8 Å². The van der Waals surface area contributed by atoms with Gasteiger partial charge in [-0.3, -0.25) is 0 Å². The van der Waals surface area contributed by atoms with Crippen LogP contribution in [0.4, 0.5) is 0 Å². The van der Waals surface area contributed by atoms with Gasteiger partial charge in [-0.15, -0.1) is 0 Å². The van der Waals surface area contributed by atoms with Crippen molar-refractivity contribution < 1.29 is 9.47 Å². The Labute approximate surface area is 138 Å². The van der Waals surface area contributed by atoms with Crippen LogP contribution in [0, 0.1) is 0 Å². The highest BCUT2D eigenvalue weighted by atomic mass is 79.9. The van der Waals surface area contributed by atoms with Crippen LogP contribution in [0.5, 0.6) is 11.5 Å². The summed E-state index contributed by atoms with van der Waals surface area (Å²) in [7, 11) is 1.92. The molecule has 0 aliphatic heterocycles. The molecular formula is C16H17BrClNO2. The summed E-state index contributed by atoms with van der Waals surface area (Å²) in [5.74, 6) is 1.50. The summed E-state index contributed by atoms with van der Waals surface area (Å²) in [5, 5.41) is 3.70. The first kappa shape index (κ1) is 16.1. The molecule has 0 saturated carbocycles. The molecule has 1 N–H and O–H groups in total. The Kier molecular flexibility index (Phi) is 6.36. The van der Waals surface area contributed by atoms with Gasteiger partial charge in [0, 0.05) is 11.0 Å². The molecule has 0 radical (unpaired) electrons. The molecule has 0 saturated heterocycles. The molecule has 0 atom stereocenters. The normalized spacial score (nSPS) is 10.4. The van der Waals surface area contributed by atoms with E-state index in [1.807, 2.05) is 37.4 Å². The van der Waals surface area contributed by atoms with Crippen molar-refractivity contribution in [2.75, 3.05) is 20.3 Å². The summed E-state index contributed by atoms with van der Waals surface area (Å²) < 4.78 is 12.2. The van der Waals surface area contributed by atoms with Crippen LogP contribution in [0.2, 0.25) is 5.02 Å². The van der Waals surface area contributed by atoms with Crippen LogP contribution in [0.1, 0.15) is 5.56 Å². The van der Waals surface area contributed by atoms with E-state index >= 15 is 0 Å². The largest absolute Gasteiger partial charge is 0.490 e. The Balaban J connectivity index is 1.80. The Hall–Kier alpha value is -1.23. The molecule has 0 fully saturated rings. The maximum atomic E-state index is 6.08. The number of nitrogens with one attached hydrogen (secondary N) is 1. The Morgan fingerprint density at radius 1 is 1.10 bits per heavy atom. The monoisotopic (exact) mass is 369 g/mol. The lowest BCUT2D eigenvalue weighted by atomic mass is 10.2. The summed E-state index contributed by atoms with van der Waals surface area (Å²) in [6.45, 7) is 1.73. The van der Waals surface area contributed by atoms with Gasteiger partial charge in [0.05, 0.1) is 5.02 Å². The first-order valence-electron chi connectivity index (χ1n) is 6.63. The maximum absolute atomic E-state index is 6.08. The fourth-order valence-corrected chi connectivity index (χ4v) is 2.58. The predicted molar refractivity (Wildman–Crippen MR) is 89.3 cm³/mol. The third-order valence-corrected chi connectivity index (χ3v) is 3.57. The maximum Gasteiger partial charge on any atom is 0.138 e. The highest BCUT2D eigenvalue weighted by molar-refractivity contribution is 9.10. The molecule has 2 aromatic carbocycles. The first-order chi connectivity index (χ1) is 10.2. The van der Waals surface area contributed by atoms with Crippen molar-refractivity contribution in [1.82, 2.24) is 5.32 Å². The molecular weight excluding hydrogens is 354 g/mol. The van der Waals surface area contributed by atoms with Crippen LogP contribution in [0.15, 0.2) is 46.9 Å². The Morgan fingerprint density at radius 2 is 1.90 bits per heavy atom. The summed E-state index contributed by atoms with van der Waals surface area (Å²) >= 11 is 9.44. The molecule has 0 amide bonds. The van der Waals surface area contributed by atoms with Crippen molar-refractivity contribution in [3.05, 3.63) is 57.5 Å². The SMILES string of the molecule is CNCc1cccc(OCCOc2ccc(Br)cc2Cl)c1. The second kappa shape index (κ2) is 8.27. The average Bonchev–Trinajstić information content (AvgIpc) is 2.46. The fourth-order valence-electron chi connectivity index (χ4n) is 1.85. The highest BCUT2D eigenvalue weighted by Crippen LogP contribution is 2.27. The third kappa shape index (κ3) is 5.23. The lowest BCUT2D eigenvalue weighted by molar-refractivity contribution is 0.217. The van der Waals surface area contributed by atoms with Crippen LogP contribution >= 0.6 is 27.5 Å². The van der Waals surface area contributed by atoms with Crippen LogP contribution in [0.25, 0.3) is 0 Å². The summed E-state index contributed by atoms with van der Waals surface area (Å²) in [4.78, 5) is 0. The second-order valence-electron chi connectivity index (χ2n) is 4.45. The number of ether oxygens (including phenoxy) is 2. The van der Waals surface area contributed by atoms with Gasteiger partial charge < -0.3 is 14.8 Å². The van der Waals surface area contributed by atoms with Gasteiger partial charge in [-0.05, 0) is 42.9 Å². The number of hydrogen-bond donors (Lipinski definition) is 1. The van der Waals surface area contributed by atoms with E-state index in [2.05, 4.69) is 27.3 Å². The molecule has 0 heterocycles. The smallest absolute Gasteiger partial charge is 0.138 e. The van der Waals surface area contributed by atoms with Crippen molar-refractivity contribution in [3.8, 4) is 11.5 Å². The van der Waals surface area contributed by atoms with E-state index in [1.165, 1.54) is 5.56 Å². The predicted octanol–water partition coefficient (Wildman–Crippen LogP) is 4.28. The zero-order chi connectivity index (χ0) is 15.1. The number of halogens is 2. The number of hydrogen-bond acceptors (Lipinski definition) is 3. The standard InChI is InChI=1S/C16H17BrClNO2/c1-19-11-12-3-2-4-14(9-12)20-7-8-21-16-6-5-13(17)10-15(16)18/h2-6,9-10,19H,7-8,11H2,1H3. The number of benzene rings is 2. The Bertz CT molecular complexity index is 592. The van der Waals surface area contributed by atoms with Gasteiger partial charge in [-0.1, -0.05) is 39.7 Å². The van der Waals surface area contributed by atoms with Crippen LogP contribution in [-0.2, 0) is 6.54 Å². The van der Waals surface area contributed by atoms with E-state index in [0.29, 0.717) is 24.0 Å². The Morgan fingerprint density at radius 3 is 2.67 bits per heavy atom.